The van der Waals surface area contributed by atoms with Gasteiger partial charge in [-0.15, -0.1) is 21.5 Å². The van der Waals surface area contributed by atoms with E-state index in [1.165, 1.54) is 5.56 Å². The largest absolute Gasteiger partial charge is 0.425 e. The smallest absolute Gasteiger partial charge is 0.223 e. The number of nitrogens with zero attached hydrogens (tertiary/aromatic N) is 4. The summed E-state index contributed by atoms with van der Waals surface area (Å²) in [5.74, 6) is 1.23. The summed E-state index contributed by atoms with van der Waals surface area (Å²) in [6.07, 6.45) is 4.72. The first-order valence-electron chi connectivity index (χ1n) is 10.1. The molecule has 154 valence electrons. The van der Waals surface area contributed by atoms with Crippen molar-refractivity contribution in [2.24, 2.45) is 0 Å². The zero-order valence-corrected chi connectivity index (χ0v) is 18.1. The third-order valence-corrected chi connectivity index (χ3v) is 6.11. The number of hydrogen-bond acceptors (Lipinski definition) is 6. The normalized spacial score (nSPS) is 12.1. The number of hydrogen-bond donors (Lipinski definition) is 0. The van der Waals surface area contributed by atoms with E-state index in [1.54, 1.807) is 16.2 Å². The molecule has 0 aliphatic carbocycles. The Bertz CT molecular complexity index is 906. The van der Waals surface area contributed by atoms with Crippen molar-refractivity contribution in [3.05, 3.63) is 63.8 Å². The first kappa shape index (κ1) is 21.2. The van der Waals surface area contributed by atoms with Gasteiger partial charge >= 0.3 is 0 Å². The SMILES string of the molecule is Cc1csc([C@H](C)N(C)C(=O)CCc2nnc(CCCCc3ccccc3)o2)n1. The monoisotopic (exact) mass is 412 g/mol. The van der Waals surface area contributed by atoms with Gasteiger partial charge in [0.05, 0.1) is 6.04 Å². The number of unbranched alkanes of at least 4 members (excludes halogenated alkanes) is 1. The van der Waals surface area contributed by atoms with E-state index in [0.29, 0.717) is 24.6 Å². The first-order valence-corrected chi connectivity index (χ1v) is 10.9. The molecular formula is C22H28N4O2S. The Kier molecular flexibility index (Phi) is 7.52. The summed E-state index contributed by atoms with van der Waals surface area (Å²) in [5.41, 5.74) is 2.34. The van der Waals surface area contributed by atoms with Crippen LogP contribution >= 0.6 is 11.3 Å². The zero-order valence-electron chi connectivity index (χ0n) is 17.3. The summed E-state index contributed by atoms with van der Waals surface area (Å²) in [4.78, 5) is 18.7. The Morgan fingerprint density at radius 3 is 2.48 bits per heavy atom. The summed E-state index contributed by atoms with van der Waals surface area (Å²) in [7, 11) is 1.82. The van der Waals surface area contributed by atoms with E-state index in [2.05, 4.69) is 39.4 Å². The third-order valence-electron chi connectivity index (χ3n) is 4.98. The first-order chi connectivity index (χ1) is 14.0. The van der Waals surface area contributed by atoms with Crippen molar-refractivity contribution < 1.29 is 9.21 Å². The predicted molar refractivity (Wildman–Crippen MR) is 114 cm³/mol. The molecule has 3 aromatic rings. The fourth-order valence-electron chi connectivity index (χ4n) is 3.08. The lowest BCUT2D eigenvalue weighted by Gasteiger charge is -2.23. The summed E-state index contributed by atoms with van der Waals surface area (Å²) < 4.78 is 5.71. The predicted octanol–water partition coefficient (Wildman–Crippen LogP) is 4.55. The number of aryl methyl sites for hydroxylation is 4. The number of rotatable bonds is 10. The molecule has 1 amide bonds. The van der Waals surface area contributed by atoms with Gasteiger partial charge in [-0.05, 0) is 38.7 Å². The molecule has 29 heavy (non-hydrogen) atoms. The minimum absolute atomic E-state index is 0.0379. The summed E-state index contributed by atoms with van der Waals surface area (Å²) in [6.45, 7) is 3.96. The van der Waals surface area contributed by atoms with Gasteiger partial charge in [-0.25, -0.2) is 4.98 Å². The summed E-state index contributed by atoms with van der Waals surface area (Å²) >= 11 is 1.58. The van der Waals surface area contributed by atoms with Crippen LogP contribution in [-0.2, 0) is 24.1 Å². The molecule has 6 nitrogen and oxygen atoms in total. The molecule has 1 atom stereocenters. The van der Waals surface area contributed by atoms with E-state index < -0.39 is 0 Å². The van der Waals surface area contributed by atoms with Crippen LogP contribution in [0.15, 0.2) is 40.1 Å². The quantitative estimate of drug-likeness (QED) is 0.457. The van der Waals surface area contributed by atoms with Gasteiger partial charge in [-0.2, -0.15) is 0 Å². The van der Waals surface area contributed by atoms with Gasteiger partial charge in [0.1, 0.15) is 5.01 Å². The van der Waals surface area contributed by atoms with Crippen LogP contribution < -0.4 is 0 Å². The van der Waals surface area contributed by atoms with Crippen LogP contribution in [0.4, 0.5) is 0 Å². The maximum atomic E-state index is 12.5. The van der Waals surface area contributed by atoms with Gasteiger partial charge in [0.2, 0.25) is 17.7 Å². The Labute approximate surface area is 176 Å². The van der Waals surface area contributed by atoms with Gasteiger partial charge in [0, 0.05) is 37.4 Å². The molecule has 7 heteroatoms. The lowest BCUT2D eigenvalue weighted by atomic mass is 10.1. The van der Waals surface area contributed by atoms with Crippen LogP contribution in [0, 0.1) is 6.92 Å². The molecule has 0 aliphatic heterocycles. The second-order valence-electron chi connectivity index (χ2n) is 7.29. The van der Waals surface area contributed by atoms with Crippen molar-refractivity contribution in [3.8, 4) is 0 Å². The van der Waals surface area contributed by atoms with Crippen molar-refractivity contribution in [2.75, 3.05) is 7.05 Å². The van der Waals surface area contributed by atoms with Gasteiger partial charge in [0.15, 0.2) is 0 Å². The highest BCUT2D eigenvalue weighted by atomic mass is 32.1. The number of carbonyl (C=O) groups is 1. The van der Waals surface area contributed by atoms with Gasteiger partial charge in [0.25, 0.3) is 0 Å². The third kappa shape index (κ3) is 6.22. The Morgan fingerprint density at radius 2 is 1.79 bits per heavy atom. The second-order valence-corrected chi connectivity index (χ2v) is 8.18. The second kappa shape index (κ2) is 10.3. The number of thiazole rings is 1. The molecule has 3 rings (SSSR count). The molecule has 1 aromatic carbocycles. The van der Waals surface area contributed by atoms with Crippen LogP contribution in [0.3, 0.4) is 0 Å². The van der Waals surface area contributed by atoms with Crippen LogP contribution in [0.2, 0.25) is 0 Å². The standard InChI is InChI=1S/C22H28N4O2S/c1-16-15-29-22(23-16)17(2)26(3)21(27)14-13-20-25-24-19(28-20)12-8-7-11-18-9-5-4-6-10-18/h4-6,9-10,15,17H,7-8,11-14H2,1-3H3/t17-/m0/s1. The number of benzene rings is 1. The number of amides is 1. The van der Waals surface area contributed by atoms with Crippen LogP contribution in [0.1, 0.15) is 60.3 Å². The maximum Gasteiger partial charge on any atom is 0.223 e. The van der Waals surface area contributed by atoms with Crippen molar-refractivity contribution in [1.82, 2.24) is 20.1 Å². The van der Waals surface area contributed by atoms with E-state index in [4.69, 9.17) is 4.42 Å². The Balaban J connectivity index is 1.39. The molecule has 0 unspecified atom stereocenters. The molecular weight excluding hydrogens is 384 g/mol. The van der Waals surface area contributed by atoms with E-state index >= 15 is 0 Å². The molecule has 0 radical (unpaired) electrons. The van der Waals surface area contributed by atoms with Crippen LogP contribution in [0.25, 0.3) is 0 Å². The average Bonchev–Trinajstić information content (AvgIpc) is 3.38. The zero-order chi connectivity index (χ0) is 20.6. The molecule has 0 fully saturated rings. The van der Waals surface area contributed by atoms with Crippen LogP contribution in [0.5, 0.6) is 0 Å². The lowest BCUT2D eigenvalue weighted by molar-refractivity contribution is -0.131. The number of aromatic nitrogens is 3. The van der Waals surface area contributed by atoms with Gasteiger partial charge in [-0.3, -0.25) is 4.79 Å². The van der Waals surface area contributed by atoms with E-state index in [-0.39, 0.29) is 11.9 Å². The molecule has 2 aromatic heterocycles. The highest BCUT2D eigenvalue weighted by Gasteiger charge is 2.20. The molecule has 0 spiro atoms. The van der Waals surface area contributed by atoms with Crippen molar-refractivity contribution in [3.63, 3.8) is 0 Å². The van der Waals surface area contributed by atoms with Crippen molar-refractivity contribution in [1.29, 1.82) is 0 Å². The molecule has 0 saturated heterocycles. The Hall–Kier alpha value is -2.54. The summed E-state index contributed by atoms with van der Waals surface area (Å²) in [5, 5.41) is 11.2. The Morgan fingerprint density at radius 1 is 1.10 bits per heavy atom. The minimum Gasteiger partial charge on any atom is -0.425 e. The molecule has 0 bridgehead atoms. The average molecular weight is 413 g/mol. The van der Waals surface area contributed by atoms with E-state index in [9.17, 15) is 4.79 Å². The van der Waals surface area contributed by atoms with Gasteiger partial charge in [-0.1, -0.05) is 30.3 Å². The lowest BCUT2D eigenvalue weighted by Crippen LogP contribution is -2.29. The minimum atomic E-state index is -0.0379. The topological polar surface area (TPSA) is 72.1 Å². The van der Waals surface area contributed by atoms with E-state index in [1.807, 2.05) is 32.3 Å². The molecule has 0 aliphatic rings. The molecule has 0 N–H and O–H groups in total. The van der Waals surface area contributed by atoms with Crippen LogP contribution in [-0.4, -0.2) is 33.0 Å². The molecule has 0 saturated carbocycles. The fourth-order valence-corrected chi connectivity index (χ4v) is 3.97. The summed E-state index contributed by atoms with van der Waals surface area (Å²) in [6, 6.07) is 10.4. The van der Waals surface area contributed by atoms with Crippen molar-refractivity contribution in [2.45, 2.75) is 58.4 Å². The van der Waals surface area contributed by atoms with E-state index in [0.717, 1.165) is 36.4 Å². The number of carbonyl (C=O) groups excluding carboxylic acids is 1. The maximum absolute atomic E-state index is 12.5. The van der Waals surface area contributed by atoms with Gasteiger partial charge < -0.3 is 9.32 Å². The highest BCUT2D eigenvalue weighted by Crippen LogP contribution is 2.23. The highest BCUT2D eigenvalue weighted by molar-refractivity contribution is 7.09. The fraction of sp³-hybridized carbons (Fsp3) is 0.455. The molecule has 2 heterocycles. The van der Waals surface area contributed by atoms with Crippen molar-refractivity contribution >= 4 is 17.2 Å².